The highest BCUT2D eigenvalue weighted by Crippen LogP contribution is 2.35. The first-order chi connectivity index (χ1) is 12.3. The van der Waals surface area contributed by atoms with Crippen LogP contribution in [0.15, 0.2) is 47.4 Å². The van der Waals surface area contributed by atoms with Gasteiger partial charge < -0.3 is 14.2 Å². The van der Waals surface area contributed by atoms with Gasteiger partial charge in [-0.05, 0) is 36.4 Å². The van der Waals surface area contributed by atoms with E-state index < -0.39 is 22.5 Å². The van der Waals surface area contributed by atoms with Crippen molar-refractivity contribution in [3.05, 3.63) is 47.5 Å². The van der Waals surface area contributed by atoms with Crippen molar-refractivity contribution in [2.45, 2.75) is 4.90 Å². The standard InChI is InChI=1S/C17H18ClNO6S/c1-23-13-6-9-15(16(10-13)24-2)19(11-17(20)25-3)26(21,22)14-7-4-12(18)5-8-14/h4-10H,11H2,1-3H3. The molecule has 0 amide bonds. The van der Waals surface area contributed by atoms with Crippen LogP contribution in [-0.4, -0.2) is 42.3 Å². The molecule has 0 bridgehead atoms. The van der Waals surface area contributed by atoms with E-state index in [0.717, 1.165) is 4.31 Å². The molecular weight excluding hydrogens is 382 g/mol. The topological polar surface area (TPSA) is 82.1 Å². The fourth-order valence-electron chi connectivity index (χ4n) is 2.21. The number of sulfonamides is 1. The molecular formula is C17H18ClNO6S. The summed E-state index contributed by atoms with van der Waals surface area (Å²) in [6.07, 6.45) is 0. The van der Waals surface area contributed by atoms with Gasteiger partial charge in [0.15, 0.2) is 0 Å². The van der Waals surface area contributed by atoms with E-state index in [4.69, 9.17) is 21.1 Å². The molecule has 0 saturated carbocycles. The second kappa shape index (κ2) is 8.29. The fourth-order valence-corrected chi connectivity index (χ4v) is 3.75. The van der Waals surface area contributed by atoms with Crippen LogP contribution in [0.4, 0.5) is 5.69 Å². The zero-order valence-electron chi connectivity index (χ0n) is 14.4. The third-order valence-corrected chi connectivity index (χ3v) is 5.58. The van der Waals surface area contributed by atoms with Crippen LogP contribution in [0.25, 0.3) is 0 Å². The molecule has 9 heteroatoms. The van der Waals surface area contributed by atoms with Gasteiger partial charge in [-0.15, -0.1) is 0 Å². The van der Waals surface area contributed by atoms with Gasteiger partial charge in [0.05, 0.1) is 31.9 Å². The zero-order valence-corrected chi connectivity index (χ0v) is 16.0. The Morgan fingerprint density at radius 2 is 1.69 bits per heavy atom. The van der Waals surface area contributed by atoms with Crippen LogP contribution in [-0.2, 0) is 19.6 Å². The minimum Gasteiger partial charge on any atom is -0.497 e. The molecule has 0 aromatic heterocycles. The Morgan fingerprint density at radius 3 is 2.23 bits per heavy atom. The highest BCUT2D eigenvalue weighted by molar-refractivity contribution is 7.92. The van der Waals surface area contributed by atoms with Crippen molar-refractivity contribution in [3.8, 4) is 11.5 Å². The molecule has 0 spiro atoms. The third kappa shape index (κ3) is 4.20. The lowest BCUT2D eigenvalue weighted by Gasteiger charge is -2.25. The largest absolute Gasteiger partial charge is 0.497 e. The SMILES string of the molecule is COC(=O)CN(c1ccc(OC)cc1OC)S(=O)(=O)c1ccc(Cl)cc1. The van der Waals surface area contributed by atoms with Gasteiger partial charge in [-0.1, -0.05) is 11.6 Å². The summed E-state index contributed by atoms with van der Waals surface area (Å²) in [5, 5.41) is 0.394. The van der Waals surface area contributed by atoms with Crippen molar-refractivity contribution in [1.82, 2.24) is 0 Å². The van der Waals surface area contributed by atoms with E-state index in [1.807, 2.05) is 0 Å². The Labute approximate surface area is 157 Å². The number of hydrogen-bond acceptors (Lipinski definition) is 6. The highest BCUT2D eigenvalue weighted by Gasteiger charge is 2.30. The van der Waals surface area contributed by atoms with E-state index in [1.165, 1.54) is 57.7 Å². The zero-order chi connectivity index (χ0) is 19.3. The molecule has 2 aromatic rings. The first-order valence-corrected chi connectivity index (χ1v) is 9.22. The van der Waals surface area contributed by atoms with Gasteiger partial charge in [-0.25, -0.2) is 8.42 Å². The number of rotatable bonds is 7. The molecule has 2 rings (SSSR count). The summed E-state index contributed by atoms with van der Waals surface area (Å²) in [5.74, 6) is -0.0151. The normalized spacial score (nSPS) is 10.9. The summed E-state index contributed by atoms with van der Waals surface area (Å²) in [6.45, 7) is -0.524. The van der Waals surface area contributed by atoms with Gasteiger partial charge in [-0.2, -0.15) is 0 Å². The number of esters is 1. The van der Waals surface area contributed by atoms with Crippen LogP contribution in [0.2, 0.25) is 5.02 Å². The minimum atomic E-state index is -4.08. The summed E-state index contributed by atoms with van der Waals surface area (Å²) in [6, 6.07) is 10.2. The second-order valence-corrected chi connectivity index (χ2v) is 7.38. The van der Waals surface area contributed by atoms with E-state index in [1.54, 1.807) is 6.07 Å². The Bertz CT molecular complexity index is 883. The number of carbonyl (C=O) groups excluding carboxylic acids is 1. The lowest BCUT2D eigenvalue weighted by atomic mass is 10.2. The Morgan fingerprint density at radius 1 is 1.04 bits per heavy atom. The van der Waals surface area contributed by atoms with Crippen LogP contribution in [0.5, 0.6) is 11.5 Å². The van der Waals surface area contributed by atoms with Crippen LogP contribution in [0, 0.1) is 0 Å². The Hall–Kier alpha value is -2.45. The molecule has 0 unspecified atom stereocenters. The molecule has 26 heavy (non-hydrogen) atoms. The second-order valence-electron chi connectivity index (χ2n) is 5.08. The number of benzene rings is 2. The van der Waals surface area contributed by atoms with Crippen molar-refractivity contribution >= 4 is 33.3 Å². The van der Waals surface area contributed by atoms with Gasteiger partial charge in [0.25, 0.3) is 10.0 Å². The number of hydrogen-bond donors (Lipinski definition) is 0. The summed E-state index contributed by atoms with van der Waals surface area (Å²) < 4.78 is 42.2. The first kappa shape index (κ1) is 19.9. The van der Waals surface area contributed by atoms with E-state index in [9.17, 15) is 13.2 Å². The third-order valence-electron chi connectivity index (χ3n) is 3.56. The molecule has 0 N–H and O–H groups in total. The summed E-state index contributed by atoms with van der Waals surface area (Å²) >= 11 is 5.83. The first-order valence-electron chi connectivity index (χ1n) is 7.40. The van der Waals surface area contributed by atoms with E-state index in [2.05, 4.69) is 4.74 Å². The van der Waals surface area contributed by atoms with Crippen molar-refractivity contribution in [2.75, 3.05) is 32.2 Å². The predicted octanol–water partition coefficient (Wildman–Crippen LogP) is 2.73. The number of carbonyl (C=O) groups is 1. The molecule has 0 aliphatic rings. The van der Waals surface area contributed by atoms with Gasteiger partial charge in [-0.3, -0.25) is 9.10 Å². The maximum Gasteiger partial charge on any atom is 0.326 e. The Balaban J connectivity index is 2.60. The molecule has 2 aromatic carbocycles. The van der Waals surface area contributed by atoms with Crippen LogP contribution < -0.4 is 13.8 Å². The predicted molar refractivity (Wildman–Crippen MR) is 97.5 cm³/mol. The molecule has 0 fully saturated rings. The molecule has 0 radical (unpaired) electrons. The summed E-state index contributed by atoms with van der Waals surface area (Å²) in [4.78, 5) is 11.8. The van der Waals surface area contributed by atoms with E-state index in [0.29, 0.717) is 10.8 Å². The number of methoxy groups -OCH3 is 3. The maximum atomic E-state index is 13.1. The summed E-state index contributed by atoms with van der Waals surface area (Å²) in [5.41, 5.74) is 0.175. The van der Waals surface area contributed by atoms with E-state index in [-0.39, 0.29) is 16.3 Å². The van der Waals surface area contributed by atoms with Crippen molar-refractivity contribution in [2.24, 2.45) is 0 Å². The van der Waals surface area contributed by atoms with Crippen molar-refractivity contribution < 1.29 is 27.4 Å². The molecule has 0 aliphatic carbocycles. The smallest absolute Gasteiger partial charge is 0.326 e. The molecule has 7 nitrogen and oxygen atoms in total. The highest BCUT2D eigenvalue weighted by atomic mass is 35.5. The lowest BCUT2D eigenvalue weighted by molar-refractivity contribution is -0.138. The number of anilines is 1. The van der Waals surface area contributed by atoms with Crippen molar-refractivity contribution in [3.63, 3.8) is 0 Å². The van der Waals surface area contributed by atoms with E-state index >= 15 is 0 Å². The monoisotopic (exact) mass is 399 g/mol. The lowest BCUT2D eigenvalue weighted by Crippen LogP contribution is -2.36. The molecule has 0 saturated heterocycles. The summed E-state index contributed by atoms with van der Waals surface area (Å²) in [7, 11) is -0.0243. The van der Waals surface area contributed by atoms with Gasteiger partial charge in [0.2, 0.25) is 0 Å². The minimum absolute atomic E-state index is 0.0244. The molecule has 140 valence electrons. The molecule has 0 heterocycles. The Kier molecular flexibility index (Phi) is 6.33. The quantitative estimate of drug-likeness (QED) is 0.666. The van der Waals surface area contributed by atoms with Gasteiger partial charge in [0, 0.05) is 11.1 Å². The van der Waals surface area contributed by atoms with Crippen molar-refractivity contribution in [1.29, 1.82) is 0 Å². The number of halogens is 1. The fraction of sp³-hybridized carbons (Fsp3) is 0.235. The average molecular weight is 400 g/mol. The molecule has 0 aliphatic heterocycles. The maximum absolute atomic E-state index is 13.1. The molecule has 0 atom stereocenters. The average Bonchev–Trinajstić information content (AvgIpc) is 2.65. The van der Waals surface area contributed by atoms with Crippen LogP contribution in [0.3, 0.4) is 0 Å². The number of ether oxygens (including phenoxy) is 3. The van der Waals surface area contributed by atoms with Crippen LogP contribution >= 0.6 is 11.6 Å². The van der Waals surface area contributed by atoms with Gasteiger partial charge in [0.1, 0.15) is 18.0 Å². The van der Waals surface area contributed by atoms with Crippen LogP contribution in [0.1, 0.15) is 0 Å². The number of nitrogens with zero attached hydrogens (tertiary/aromatic N) is 1. The van der Waals surface area contributed by atoms with Gasteiger partial charge >= 0.3 is 5.97 Å².